The van der Waals surface area contributed by atoms with Crippen LogP contribution in [0.5, 0.6) is 5.75 Å². The zero-order valence-electron chi connectivity index (χ0n) is 17.1. The Morgan fingerprint density at radius 2 is 1.93 bits per heavy atom. The number of hydrogen-bond acceptors (Lipinski definition) is 5. The summed E-state index contributed by atoms with van der Waals surface area (Å²) in [7, 11) is 3.24. The van der Waals surface area contributed by atoms with Crippen LogP contribution in [0.15, 0.2) is 71.3 Å². The number of nitrogens with one attached hydrogen (secondary N) is 1. The summed E-state index contributed by atoms with van der Waals surface area (Å²) in [5.74, 6) is 1.48. The van der Waals surface area contributed by atoms with Crippen molar-refractivity contribution in [2.75, 3.05) is 26.1 Å². The van der Waals surface area contributed by atoms with Crippen molar-refractivity contribution >= 4 is 11.7 Å². The Balaban J connectivity index is 1.59. The SMILES string of the molecule is COc1ccc(C(CO)N(C)C(=O)Nc2cccc(COCc3ccco3)c2)cc1. The maximum absolute atomic E-state index is 12.7. The Labute approximate surface area is 175 Å². The van der Waals surface area contributed by atoms with Crippen molar-refractivity contribution in [2.45, 2.75) is 19.3 Å². The van der Waals surface area contributed by atoms with E-state index >= 15 is 0 Å². The van der Waals surface area contributed by atoms with Gasteiger partial charge in [0.15, 0.2) is 0 Å². The van der Waals surface area contributed by atoms with E-state index in [1.165, 1.54) is 4.90 Å². The molecule has 1 aromatic heterocycles. The highest BCUT2D eigenvalue weighted by Gasteiger charge is 2.21. The maximum atomic E-state index is 12.7. The standard InChI is InChI=1S/C23H26N2O5/c1-25(22(14-26)18-8-10-20(28-2)11-9-18)23(27)24-19-6-3-5-17(13-19)15-29-16-21-7-4-12-30-21/h3-13,22,26H,14-16H2,1-2H3,(H,24,27). The second-order valence-electron chi connectivity index (χ2n) is 6.79. The van der Waals surface area contributed by atoms with E-state index in [-0.39, 0.29) is 12.6 Å². The van der Waals surface area contributed by atoms with Crippen LogP contribution < -0.4 is 10.1 Å². The van der Waals surface area contributed by atoms with E-state index in [9.17, 15) is 9.90 Å². The molecular formula is C23H26N2O5. The average molecular weight is 410 g/mol. The number of hydrogen-bond donors (Lipinski definition) is 2. The summed E-state index contributed by atoms with van der Waals surface area (Å²) in [6, 6.07) is 17.6. The van der Waals surface area contributed by atoms with Gasteiger partial charge in [-0.1, -0.05) is 24.3 Å². The largest absolute Gasteiger partial charge is 0.497 e. The van der Waals surface area contributed by atoms with Gasteiger partial charge >= 0.3 is 6.03 Å². The predicted molar refractivity (Wildman–Crippen MR) is 113 cm³/mol. The lowest BCUT2D eigenvalue weighted by molar-refractivity contribution is 0.0930. The van der Waals surface area contributed by atoms with Gasteiger partial charge in [-0.25, -0.2) is 4.79 Å². The van der Waals surface area contributed by atoms with Gasteiger partial charge in [-0.2, -0.15) is 0 Å². The first-order valence-corrected chi connectivity index (χ1v) is 9.58. The monoisotopic (exact) mass is 410 g/mol. The van der Waals surface area contributed by atoms with Gasteiger partial charge in [0.25, 0.3) is 0 Å². The molecular weight excluding hydrogens is 384 g/mol. The van der Waals surface area contributed by atoms with Crippen molar-refractivity contribution in [1.29, 1.82) is 0 Å². The number of methoxy groups -OCH3 is 1. The van der Waals surface area contributed by atoms with Crippen LogP contribution in [0.3, 0.4) is 0 Å². The molecule has 0 bridgehead atoms. The molecule has 2 amide bonds. The van der Waals surface area contributed by atoms with E-state index in [0.717, 1.165) is 16.9 Å². The molecule has 1 heterocycles. The molecule has 158 valence electrons. The second kappa shape index (κ2) is 10.5. The van der Waals surface area contributed by atoms with Crippen LogP contribution in [0.1, 0.15) is 22.9 Å². The first kappa shape index (κ1) is 21.4. The lowest BCUT2D eigenvalue weighted by atomic mass is 10.1. The quantitative estimate of drug-likeness (QED) is 0.552. The second-order valence-corrected chi connectivity index (χ2v) is 6.79. The van der Waals surface area contributed by atoms with Crippen LogP contribution >= 0.6 is 0 Å². The van der Waals surface area contributed by atoms with E-state index in [1.807, 2.05) is 48.5 Å². The Morgan fingerprint density at radius 1 is 1.13 bits per heavy atom. The molecule has 3 aromatic rings. The zero-order chi connectivity index (χ0) is 21.3. The minimum absolute atomic E-state index is 0.198. The van der Waals surface area contributed by atoms with Crippen molar-refractivity contribution in [3.05, 3.63) is 83.8 Å². The van der Waals surface area contributed by atoms with E-state index in [2.05, 4.69) is 5.32 Å². The normalized spacial score (nSPS) is 11.7. The molecule has 7 nitrogen and oxygen atoms in total. The van der Waals surface area contributed by atoms with E-state index in [4.69, 9.17) is 13.9 Å². The fourth-order valence-corrected chi connectivity index (χ4v) is 3.03. The van der Waals surface area contributed by atoms with Gasteiger partial charge in [0, 0.05) is 12.7 Å². The number of aliphatic hydroxyl groups is 1. The average Bonchev–Trinajstić information content (AvgIpc) is 3.28. The summed E-state index contributed by atoms with van der Waals surface area (Å²) in [4.78, 5) is 14.2. The fourth-order valence-electron chi connectivity index (χ4n) is 3.03. The van der Waals surface area contributed by atoms with Crippen LogP contribution in [0, 0.1) is 0 Å². The summed E-state index contributed by atoms with van der Waals surface area (Å²) in [6.07, 6.45) is 1.61. The highest BCUT2D eigenvalue weighted by atomic mass is 16.5. The van der Waals surface area contributed by atoms with Gasteiger partial charge in [0.05, 0.1) is 32.6 Å². The van der Waals surface area contributed by atoms with Crippen LogP contribution in [0.25, 0.3) is 0 Å². The van der Waals surface area contributed by atoms with Gasteiger partial charge < -0.3 is 29.2 Å². The smallest absolute Gasteiger partial charge is 0.322 e. The number of nitrogens with zero attached hydrogens (tertiary/aromatic N) is 1. The minimum atomic E-state index is -0.476. The topological polar surface area (TPSA) is 84.2 Å². The molecule has 0 aliphatic heterocycles. The third-order valence-electron chi connectivity index (χ3n) is 4.73. The summed E-state index contributed by atoms with van der Waals surface area (Å²) in [5.41, 5.74) is 2.39. The summed E-state index contributed by atoms with van der Waals surface area (Å²) in [6.45, 7) is 0.578. The summed E-state index contributed by atoms with van der Waals surface area (Å²) >= 11 is 0. The number of ether oxygens (including phenoxy) is 2. The van der Waals surface area contributed by atoms with E-state index < -0.39 is 6.04 Å². The van der Waals surface area contributed by atoms with Crippen LogP contribution in [0.4, 0.5) is 10.5 Å². The van der Waals surface area contributed by atoms with Crippen molar-refractivity contribution < 1.29 is 23.8 Å². The van der Waals surface area contributed by atoms with Crippen molar-refractivity contribution in [3.8, 4) is 5.75 Å². The predicted octanol–water partition coefficient (Wildman–Crippen LogP) is 4.20. The molecule has 7 heteroatoms. The Hall–Kier alpha value is -3.29. The number of aliphatic hydroxyl groups excluding tert-OH is 1. The third kappa shape index (κ3) is 5.62. The Kier molecular flexibility index (Phi) is 7.48. The Morgan fingerprint density at radius 3 is 2.60 bits per heavy atom. The van der Waals surface area contributed by atoms with Gasteiger partial charge in [0.2, 0.25) is 0 Å². The first-order chi connectivity index (χ1) is 14.6. The molecule has 30 heavy (non-hydrogen) atoms. The number of amides is 2. The van der Waals surface area contributed by atoms with Gasteiger partial charge in [-0.15, -0.1) is 0 Å². The van der Waals surface area contributed by atoms with Crippen LogP contribution in [-0.2, 0) is 18.0 Å². The number of benzene rings is 2. The molecule has 0 aliphatic carbocycles. The molecule has 1 atom stereocenters. The highest BCUT2D eigenvalue weighted by molar-refractivity contribution is 5.89. The molecule has 0 radical (unpaired) electrons. The van der Waals surface area contributed by atoms with Gasteiger partial charge in [-0.3, -0.25) is 0 Å². The summed E-state index contributed by atoms with van der Waals surface area (Å²) < 4.78 is 16.0. The molecule has 0 saturated carbocycles. The number of furan rings is 1. The maximum Gasteiger partial charge on any atom is 0.322 e. The lowest BCUT2D eigenvalue weighted by Crippen LogP contribution is -2.36. The van der Waals surface area contributed by atoms with Gasteiger partial charge in [-0.05, 0) is 47.5 Å². The number of anilines is 1. The molecule has 0 fully saturated rings. The molecule has 0 saturated heterocycles. The fraction of sp³-hybridized carbons (Fsp3) is 0.261. The van der Waals surface area contributed by atoms with E-state index in [1.54, 1.807) is 32.6 Å². The number of rotatable bonds is 9. The van der Waals surface area contributed by atoms with Crippen molar-refractivity contribution in [2.24, 2.45) is 0 Å². The van der Waals surface area contributed by atoms with E-state index in [0.29, 0.717) is 24.7 Å². The Bertz CT molecular complexity index is 925. The number of urea groups is 1. The molecule has 0 spiro atoms. The first-order valence-electron chi connectivity index (χ1n) is 9.58. The summed E-state index contributed by atoms with van der Waals surface area (Å²) in [5, 5.41) is 12.7. The molecule has 0 aliphatic rings. The number of carbonyl (C=O) groups is 1. The lowest BCUT2D eigenvalue weighted by Gasteiger charge is -2.27. The number of likely N-dealkylation sites (N-methyl/N-ethyl adjacent to an activating group) is 1. The molecule has 2 N–H and O–H groups in total. The van der Waals surface area contributed by atoms with Crippen LogP contribution in [0.2, 0.25) is 0 Å². The molecule has 2 aromatic carbocycles. The molecule has 1 unspecified atom stereocenters. The molecule has 3 rings (SSSR count). The minimum Gasteiger partial charge on any atom is -0.497 e. The van der Waals surface area contributed by atoms with Crippen molar-refractivity contribution in [1.82, 2.24) is 4.90 Å². The highest BCUT2D eigenvalue weighted by Crippen LogP contribution is 2.23. The third-order valence-corrected chi connectivity index (χ3v) is 4.73. The van der Waals surface area contributed by atoms with Gasteiger partial charge in [0.1, 0.15) is 18.1 Å². The number of carbonyl (C=O) groups excluding carboxylic acids is 1. The zero-order valence-corrected chi connectivity index (χ0v) is 17.1. The van der Waals surface area contributed by atoms with Crippen LogP contribution in [-0.4, -0.2) is 36.8 Å². The van der Waals surface area contributed by atoms with Crippen molar-refractivity contribution in [3.63, 3.8) is 0 Å².